The zero-order valence-electron chi connectivity index (χ0n) is 16.5. The lowest BCUT2D eigenvalue weighted by Crippen LogP contribution is -2.38. The van der Waals surface area contributed by atoms with Gasteiger partial charge in [-0.1, -0.05) is 24.3 Å². The van der Waals surface area contributed by atoms with Crippen molar-refractivity contribution in [2.45, 2.75) is 0 Å². The second-order valence-electron chi connectivity index (χ2n) is 6.98. The number of hydrogen-bond acceptors (Lipinski definition) is 6. The third-order valence-electron chi connectivity index (χ3n) is 4.87. The smallest absolute Gasteiger partial charge is 0.294 e. The van der Waals surface area contributed by atoms with Crippen LogP contribution in [-0.4, -0.2) is 54.8 Å². The number of morpholine rings is 1. The molecule has 0 radical (unpaired) electrons. The monoisotopic (exact) mass is 441 g/mol. The first-order chi connectivity index (χ1) is 15.0. The molecular formula is C22H20FN3O4S. The first kappa shape index (κ1) is 21.1. The minimum absolute atomic E-state index is 0.193. The standard InChI is InChI=1S/C22H20FN3O4S/c23-16-7-5-15(6-8-16)13-19-21(28)26(22(29)31-19)14-20(27)24-17-3-1-2-4-18(17)25-9-11-30-12-10-25/h1-8,13H,9-12,14H2,(H,24,27)/b19-13+. The van der Waals surface area contributed by atoms with Crippen molar-refractivity contribution >= 4 is 46.3 Å². The van der Waals surface area contributed by atoms with Crippen LogP contribution < -0.4 is 10.2 Å². The molecule has 0 atom stereocenters. The number of para-hydroxylation sites is 2. The summed E-state index contributed by atoms with van der Waals surface area (Å²) in [5.41, 5.74) is 2.07. The highest BCUT2D eigenvalue weighted by molar-refractivity contribution is 8.18. The number of amides is 3. The first-order valence-corrected chi connectivity index (χ1v) is 10.6. The Morgan fingerprint density at radius 1 is 1.10 bits per heavy atom. The zero-order chi connectivity index (χ0) is 21.8. The lowest BCUT2D eigenvalue weighted by atomic mass is 10.2. The van der Waals surface area contributed by atoms with Gasteiger partial charge in [0, 0.05) is 13.1 Å². The minimum Gasteiger partial charge on any atom is -0.378 e. The fourth-order valence-electron chi connectivity index (χ4n) is 3.34. The minimum atomic E-state index is -0.545. The molecule has 2 fully saturated rings. The summed E-state index contributed by atoms with van der Waals surface area (Å²) in [6, 6.07) is 13.0. The molecule has 3 amide bonds. The van der Waals surface area contributed by atoms with Crippen molar-refractivity contribution in [1.82, 2.24) is 4.90 Å². The zero-order valence-corrected chi connectivity index (χ0v) is 17.4. The topological polar surface area (TPSA) is 79.0 Å². The number of hydrogen-bond donors (Lipinski definition) is 1. The molecule has 0 bridgehead atoms. The van der Waals surface area contributed by atoms with Crippen molar-refractivity contribution in [3.63, 3.8) is 0 Å². The van der Waals surface area contributed by atoms with Gasteiger partial charge in [-0.2, -0.15) is 0 Å². The molecule has 4 rings (SSSR count). The van der Waals surface area contributed by atoms with Crippen molar-refractivity contribution in [3.05, 3.63) is 64.8 Å². The van der Waals surface area contributed by atoms with Crippen LogP contribution in [0.15, 0.2) is 53.4 Å². The predicted molar refractivity (Wildman–Crippen MR) is 117 cm³/mol. The first-order valence-electron chi connectivity index (χ1n) is 9.74. The summed E-state index contributed by atoms with van der Waals surface area (Å²) in [4.78, 5) is 40.8. The third kappa shape index (κ3) is 4.95. The van der Waals surface area contributed by atoms with Crippen molar-refractivity contribution in [2.75, 3.05) is 43.1 Å². The van der Waals surface area contributed by atoms with Gasteiger partial charge in [0.1, 0.15) is 12.4 Å². The van der Waals surface area contributed by atoms with E-state index in [1.165, 1.54) is 30.3 Å². The van der Waals surface area contributed by atoms with Crippen LogP contribution in [0.3, 0.4) is 0 Å². The number of carbonyl (C=O) groups is 3. The molecule has 2 aliphatic rings. The van der Waals surface area contributed by atoms with E-state index in [2.05, 4.69) is 10.2 Å². The predicted octanol–water partition coefficient (Wildman–Crippen LogP) is 3.34. The maximum atomic E-state index is 13.1. The van der Waals surface area contributed by atoms with E-state index in [0.29, 0.717) is 37.6 Å². The Labute approximate surface area is 182 Å². The van der Waals surface area contributed by atoms with Gasteiger partial charge in [-0.05, 0) is 47.7 Å². The Balaban J connectivity index is 1.44. The van der Waals surface area contributed by atoms with E-state index in [0.717, 1.165) is 22.3 Å². The molecule has 2 aromatic carbocycles. The van der Waals surface area contributed by atoms with Crippen LogP contribution in [0.25, 0.3) is 6.08 Å². The van der Waals surface area contributed by atoms with Crippen LogP contribution in [0.4, 0.5) is 20.6 Å². The van der Waals surface area contributed by atoms with Crippen molar-refractivity contribution in [1.29, 1.82) is 0 Å². The van der Waals surface area contributed by atoms with Crippen molar-refractivity contribution in [3.8, 4) is 0 Å². The SMILES string of the molecule is O=C(CN1C(=O)S/C(=C/c2ccc(F)cc2)C1=O)Nc1ccccc1N1CCOCC1. The molecule has 2 aliphatic heterocycles. The van der Waals surface area contributed by atoms with Crippen molar-refractivity contribution in [2.24, 2.45) is 0 Å². The number of nitrogens with one attached hydrogen (secondary N) is 1. The molecule has 7 nitrogen and oxygen atoms in total. The highest BCUT2D eigenvalue weighted by atomic mass is 32.2. The quantitative estimate of drug-likeness (QED) is 0.717. The van der Waals surface area contributed by atoms with Crippen LogP contribution in [0.2, 0.25) is 0 Å². The van der Waals surface area contributed by atoms with Gasteiger partial charge in [0.05, 0.1) is 29.5 Å². The molecule has 2 saturated heterocycles. The number of thioether (sulfide) groups is 1. The molecule has 0 aromatic heterocycles. The van der Waals surface area contributed by atoms with Crippen LogP contribution in [0, 0.1) is 5.82 Å². The molecule has 0 spiro atoms. The summed E-state index contributed by atoms with van der Waals surface area (Å²) >= 11 is 0.758. The van der Waals surface area contributed by atoms with E-state index in [4.69, 9.17) is 4.74 Å². The molecule has 0 aliphatic carbocycles. The number of ether oxygens (including phenoxy) is 1. The van der Waals surface area contributed by atoms with Gasteiger partial charge in [0.25, 0.3) is 11.1 Å². The molecule has 2 aromatic rings. The largest absolute Gasteiger partial charge is 0.378 e. The molecule has 9 heteroatoms. The number of carbonyl (C=O) groups excluding carboxylic acids is 3. The Hall–Kier alpha value is -3.17. The molecule has 1 N–H and O–H groups in total. The number of benzene rings is 2. The summed E-state index contributed by atoms with van der Waals surface area (Å²) < 4.78 is 18.4. The maximum Gasteiger partial charge on any atom is 0.294 e. The second kappa shape index (κ2) is 9.32. The van der Waals surface area contributed by atoms with E-state index >= 15 is 0 Å². The average molecular weight is 441 g/mol. The van der Waals surface area contributed by atoms with Gasteiger partial charge in [0.2, 0.25) is 5.91 Å². The Morgan fingerprint density at radius 3 is 2.55 bits per heavy atom. The number of halogens is 1. The van der Waals surface area contributed by atoms with E-state index in [1.54, 1.807) is 6.07 Å². The van der Waals surface area contributed by atoms with E-state index in [9.17, 15) is 18.8 Å². The Morgan fingerprint density at radius 2 is 1.81 bits per heavy atom. The average Bonchev–Trinajstić information content (AvgIpc) is 3.03. The molecule has 2 heterocycles. The van der Waals surface area contributed by atoms with Crippen molar-refractivity contribution < 1.29 is 23.5 Å². The highest BCUT2D eigenvalue weighted by Gasteiger charge is 2.36. The number of nitrogens with zero attached hydrogens (tertiary/aromatic N) is 2. The van der Waals surface area contributed by atoms with Crippen LogP contribution in [0.1, 0.15) is 5.56 Å². The summed E-state index contributed by atoms with van der Waals surface area (Å²) in [7, 11) is 0. The summed E-state index contributed by atoms with van der Waals surface area (Å²) in [6.07, 6.45) is 1.51. The van der Waals surface area contributed by atoms with Crippen LogP contribution in [0.5, 0.6) is 0 Å². The number of imide groups is 1. The lowest BCUT2D eigenvalue weighted by molar-refractivity contribution is -0.127. The maximum absolute atomic E-state index is 13.1. The van der Waals surface area contributed by atoms with E-state index in [1.807, 2.05) is 18.2 Å². The normalized spacial score (nSPS) is 18.0. The van der Waals surface area contributed by atoms with Crippen LogP contribution in [-0.2, 0) is 14.3 Å². The molecule has 0 unspecified atom stereocenters. The van der Waals surface area contributed by atoms with Crippen LogP contribution >= 0.6 is 11.8 Å². The fraction of sp³-hybridized carbons (Fsp3) is 0.227. The summed E-state index contributed by atoms with van der Waals surface area (Å²) in [5, 5.41) is 2.29. The molecular weight excluding hydrogens is 421 g/mol. The van der Waals surface area contributed by atoms with Gasteiger partial charge in [-0.3, -0.25) is 19.3 Å². The van der Waals surface area contributed by atoms with Gasteiger partial charge in [0.15, 0.2) is 0 Å². The van der Waals surface area contributed by atoms with Gasteiger partial charge in [-0.15, -0.1) is 0 Å². The second-order valence-corrected chi connectivity index (χ2v) is 7.98. The summed E-state index contributed by atoms with van der Waals surface area (Å²) in [6.45, 7) is 2.26. The van der Waals surface area contributed by atoms with Gasteiger partial charge in [-0.25, -0.2) is 4.39 Å². The molecule has 31 heavy (non-hydrogen) atoms. The fourth-order valence-corrected chi connectivity index (χ4v) is 4.18. The Bertz CT molecular complexity index is 1040. The Kier molecular flexibility index (Phi) is 6.34. The number of anilines is 2. The van der Waals surface area contributed by atoms with Gasteiger partial charge >= 0.3 is 0 Å². The van der Waals surface area contributed by atoms with E-state index < -0.39 is 17.1 Å². The van der Waals surface area contributed by atoms with Gasteiger partial charge < -0.3 is 15.0 Å². The molecule has 160 valence electrons. The summed E-state index contributed by atoms with van der Waals surface area (Å²) in [5.74, 6) is -1.40. The third-order valence-corrected chi connectivity index (χ3v) is 5.78. The molecule has 0 saturated carbocycles. The van der Waals surface area contributed by atoms with E-state index in [-0.39, 0.29) is 17.3 Å². The number of rotatable bonds is 5. The lowest BCUT2D eigenvalue weighted by Gasteiger charge is -2.30. The highest BCUT2D eigenvalue weighted by Crippen LogP contribution is 2.32.